The fourth-order valence-corrected chi connectivity index (χ4v) is 3.73. The molecule has 0 radical (unpaired) electrons. The molecular weight excluding hydrogens is 431 g/mol. The number of anilines is 1. The van der Waals surface area contributed by atoms with Crippen molar-refractivity contribution in [3.05, 3.63) is 53.8 Å². The van der Waals surface area contributed by atoms with Gasteiger partial charge in [0.2, 0.25) is 0 Å². The molecule has 0 spiro atoms. The summed E-state index contributed by atoms with van der Waals surface area (Å²) in [5.41, 5.74) is -0.633. The standard InChI is InChI=1S/C20H22FN2O4.BrH/c1-25-15-5-3-14(4-6-15)23-19-12-27-10-9-22(19)13-20(23,24)17-8-7-16(26-2)11-18(17)21;/h3-8,11,24H,9-10,12-13H2,1-2H3;1H/q+1;/p-1. The van der Waals surface area contributed by atoms with Crippen LogP contribution in [0.2, 0.25) is 0 Å². The van der Waals surface area contributed by atoms with Gasteiger partial charge < -0.3 is 36.3 Å². The third kappa shape index (κ3) is 3.36. The van der Waals surface area contributed by atoms with Gasteiger partial charge in [-0.15, -0.1) is 0 Å². The largest absolute Gasteiger partial charge is 1.00 e. The fourth-order valence-electron chi connectivity index (χ4n) is 3.73. The molecular formula is C20H22BrFN2O4. The third-order valence-electron chi connectivity index (χ3n) is 5.08. The SMILES string of the molecule is COc1ccc(N2C3=[N+](CCOC3)CC2(O)c2ccc(OC)cc2F)cc1.[Br-]. The minimum Gasteiger partial charge on any atom is -1.00 e. The highest BCUT2D eigenvalue weighted by atomic mass is 79.9. The van der Waals surface area contributed by atoms with Crippen LogP contribution in [0.15, 0.2) is 42.5 Å². The maximum absolute atomic E-state index is 14.9. The van der Waals surface area contributed by atoms with E-state index in [0.717, 1.165) is 11.5 Å². The molecule has 2 heterocycles. The molecule has 1 N–H and O–H groups in total. The summed E-state index contributed by atoms with van der Waals surface area (Å²) in [6.45, 7) is 1.82. The van der Waals surface area contributed by atoms with Gasteiger partial charge in [-0.2, -0.15) is 4.90 Å². The predicted molar refractivity (Wildman–Crippen MR) is 98.1 cm³/mol. The van der Waals surface area contributed by atoms with Crippen molar-refractivity contribution in [2.45, 2.75) is 5.72 Å². The van der Waals surface area contributed by atoms with Crippen LogP contribution in [0.3, 0.4) is 0 Å². The van der Waals surface area contributed by atoms with Crippen LogP contribution in [-0.4, -0.2) is 56.0 Å². The second kappa shape index (κ2) is 8.06. The summed E-state index contributed by atoms with van der Waals surface area (Å²) < 4.78 is 32.8. The molecule has 0 aromatic heterocycles. The first-order valence-corrected chi connectivity index (χ1v) is 8.76. The summed E-state index contributed by atoms with van der Waals surface area (Å²) in [5.74, 6) is 1.40. The molecule has 1 unspecified atom stereocenters. The van der Waals surface area contributed by atoms with Crippen LogP contribution < -0.4 is 31.4 Å². The van der Waals surface area contributed by atoms with Crippen LogP contribution in [0, 0.1) is 5.82 Å². The predicted octanol–water partition coefficient (Wildman–Crippen LogP) is -1.05. The minimum atomic E-state index is -1.56. The van der Waals surface area contributed by atoms with Gasteiger partial charge in [0.15, 0.2) is 6.54 Å². The van der Waals surface area contributed by atoms with Gasteiger partial charge >= 0.3 is 0 Å². The maximum Gasteiger partial charge on any atom is 0.281 e. The number of amidine groups is 1. The first-order chi connectivity index (χ1) is 13.1. The number of hydrogen-bond acceptors (Lipinski definition) is 5. The van der Waals surface area contributed by atoms with E-state index in [-0.39, 0.29) is 29.1 Å². The molecule has 0 bridgehead atoms. The Morgan fingerprint density at radius 1 is 1.11 bits per heavy atom. The number of methoxy groups -OCH3 is 2. The molecule has 0 saturated carbocycles. The van der Waals surface area contributed by atoms with Crippen molar-refractivity contribution in [1.29, 1.82) is 0 Å². The molecule has 0 aliphatic carbocycles. The number of benzene rings is 2. The lowest BCUT2D eigenvalue weighted by Crippen LogP contribution is -3.00. The average Bonchev–Trinajstić information content (AvgIpc) is 3.00. The Morgan fingerprint density at radius 2 is 1.79 bits per heavy atom. The van der Waals surface area contributed by atoms with Gasteiger partial charge in [-0.25, -0.2) is 4.39 Å². The van der Waals surface area contributed by atoms with Gasteiger partial charge in [-0.1, -0.05) is 0 Å². The van der Waals surface area contributed by atoms with Crippen LogP contribution in [0.1, 0.15) is 5.56 Å². The molecule has 0 fully saturated rings. The van der Waals surface area contributed by atoms with E-state index in [1.54, 1.807) is 24.1 Å². The van der Waals surface area contributed by atoms with E-state index in [9.17, 15) is 9.50 Å². The Bertz CT molecular complexity index is 890. The summed E-state index contributed by atoms with van der Waals surface area (Å²) >= 11 is 0. The topological polar surface area (TPSA) is 54.2 Å². The number of hydrogen-bond donors (Lipinski definition) is 1. The van der Waals surface area contributed by atoms with E-state index >= 15 is 0 Å². The van der Waals surface area contributed by atoms with Crippen LogP contribution >= 0.6 is 0 Å². The lowest BCUT2D eigenvalue weighted by Gasteiger charge is -2.29. The highest BCUT2D eigenvalue weighted by Crippen LogP contribution is 2.38. The molecule has 1 atom stereocenters. The molecule has 28 heavy (non-hydrogen) atoms. The van der Waals surface area contributed by atoms with Crippen LogP contribution in [0.5, 0.6) is 11.5 Å². The Labute approximate surface area is 173 Å². The van der Waals surface area contributed by atoms with E-state index in [4.69, 9.17) is 14.2 Å². The van der Waals surface area contributed by atoms with Gasteiger partial charge in [-0.3, -0.25) is 4.58 Å². The quantitative estimate of drug-likeness (QED) is 0.600. The third-order valence-corrected chi connectivity index (χ3v) is 5.08. The van der Waals surface area contributed by atoms with Crippen LogP contribution in [0.4, 0.5) is 10.1 Å². The van der Waals surface area contributed by atoms with Gasteiger partial charge in [0.25, 0.3) is 11.6 Å². The van der Waals surface area contributed by atoms with Crippen molar-refractivity contribution >= 4 is 11.5 Å². The van der Waals surface area contributed by atoms with Crippen molar-refractivity contribution in [3.8, 4) is 11.5 Å². The Hall–Kier alpha value is -2.16. The highest BCUT2D eigenvalue weighted by Gasteiger charge is 2.56. The summed E-state index contributed by atoms with van der Waals surface area (Å²) in [6.07, 6.45) is 0. The van der Waals surface area contributed by atoms with Crippen molar-refractivity contribution in [2.24, 2.45) is 0 Å². The second-order valence-electron chi connectivity index (χ2n) is 6.59. The molecule has 2 aliphatic rings. The highest BCUT2D eigenvalue weighted by molar-refractivity contribution is 5.98. The van der Waals surface area contributed by atoms with E-state index in [1.165, 1.54) is 13.2 Å². The van der Waals surface area contributed by atoms with Crippen LogP contribution in [-0.2, 0) is 10.5 Å². The first kappa shape index (κ1) is 20.6. The zero-order chi connectivity index (χ0) is 19.0. The minimum absolute atomic E-state index is 0. The van der Waals surface area contributed by atoms with Gasteiger partial charge in [-0.05, 0) is 36.4 Å². The Kier molecular flexibility index (Phi) is 5.92. The molecule has 2 aliphatic heterocycles. The monoisotopic (exact) mass is 452 g/mol. The molecule has 2 aromatic rings. The number of aliphatic hydroxyl groups is 1. The lowest BCUT2D eigenvalue weighted by atomic mass is 9.99. The summed E-state index contributed by atoms with van der Waals surface area (Å²) in [4.78, 5) is 1.75. The second-order valence-corrected chi connectivity index (χ2v) is 6.59. The van der Waals surface area contributed by atoms with Crippen molar-refractivity contribution < 1.29 is 45.3 Å². The zero-order valence-corrected chi connectivity index (χ0v) is 17.3. The molecule has 150 valence electrons. The van der Waals surface area contributed by atoms with E-state index in [2.05, 4.69) is 0 Å². The van der Waals surface area contributed by atoms with Gasteiger partial charge in [0.05, 0.1) is 26.4 Å². The van der Waals surface area contributed by atoms with Crippen molar-refractivity contribution in [1.82, 2.24) is 0 Å². The van der Waals surface area contributed by atoms with Crippen molar-refractivity contribution in [2.75, 3.05) is 45.4 Å². The molecule has 4 rings (SSSR count). The van der Waals surface area contributed by atoms with Crippen molar-refractivity contribution in [3.63, 3.8) is 0 Å². The van der Waals surface area contributed by atoms with E-state index in [0.29, 0.717) is 31.3 Å². The first-order valence-electron chi connectivity index (χ1n) is 8.76. The molecule has 0 amide bonds. The lowest BCUT2D eigenvalue weighted by molar-refractivity contribution is -0.543. The average molecular weight is 453 g/mol. The van der Waals surface area contributed by atoms with Gasteiger partial charge in [0, 0.05) is 6.07 Å². The van der Waals surface area contributed by atoms with Crippen LogP contribution in [0.25, 0.3) is 0 Å². The molecule has 2 aromatic carbocycles. The normalized spacial score (nSPS) is 21.2. The molecule has 0 saturated heterocycles. The number of rotatable bonds is 4. The molecule has 8 heteroatoms. The number of halogens is 2. The fraction of sp³-hybridized carbons (Fsp3) is 0.350. The van der Waals surface area contributed by atoms with Gasteiger partial charge in [0.1, 0.15) is 36.2 Å². The summed E-state index contributed by atoms with van der Waals surface area (Å²) in [7, 11) is 3.08. The molecule has 6 nitrogen and oxygen atoms in total. The smallest absolute Gasteiger partial charge is 0.281 e. The van der Waals surface area contributed by atoms with E-state index < -0.39 is 11.5 Å². The number of ether oxygens (including phenoxy) is 3. The summed E-state index contributed by atoms with van der Waals surface area (Å²) in [6, 6.07) is 11.8. The maximum atomic E-state index is 14.9. The Morgan fingerprint density at radius 3 is 2.43 bits per heavy atom. The van der Waals surface area contributed by atoms with E-state index in [1.807, 2.05) is 28.8 Å². The Balaban J connectivity index is 0.00000225. The number of nitrogens with zero attached hydrogens (tertiary/aromatic N) is 2. The summed E-state index contributed by atoms with van der Waals surface area (Å²) in [5, 5.41) is 11.7. The zero-order valence-electron chi connectivity index (χ0n) is 15.7.